The van der Waals surface area contributed by atoms with E-state index in [4.69, 9.17) is 21.7 Å². The van der Waals surface area contributed by atoms with Crippen LogP contribution in [0.25, 0.3) is 10.6 Å². The summed E-state index contributed by atoms with van der Waals surface area (Å²) in [5.74, 6) is -0.134. The normalized spacial score (nSPS) is 13.9. The topological polar surface area (TPSA) is 63.0 Å². The van der Waals surface area contributed by atoms with Crippen molar-refractivity contribution in [2.75, 3.05) is 6.61 Å². The molecule has 1 heterocycles. The number of hydrogen-bond acceptors (Lipinski definition) is 5. The Kier molecular flexibility index (Phi) is 4.27. The second-order valence-corrected chi connectivity index (χ2v) is 6.74. The number of carbonyl (C=O) groups excluding carboxylic acids is 1. The lowest BCUT2D eigenvalue weighted by atomic mass is 10.2. The van der Waals surface area contributed by atoms with Crippen LogP contribution in [0, 0.1) is 18.3 Å². The number of hydrogen-bond donors (Lipinski definition) is 1. The summed E-state index contributed by atoms with van der Waals surface area (Å²) in [5, 5.41) is 9.62. The van der Waals surface area contributed by atoms with E-state index >= 15 is 0 Å². The zero-order valence-corrected chi connectivity index (χ0v) is 13.6. The molecule has 3 rings (SSSR count). The summed E-state index contributed by atoms with van der Waals surface area (Å²) < 4.78 is 5.17. The van der Waals surface area contributed by atoms with Crippen LogP contribution in [0.1, 0.15) is 23.4 Å². The number of halogens is 1. The lowest BCUT2D eigenvalue weighted by Crippen LogP contribution is -2.15. The molecule has 0 aliphatic heterocycles. The zero-order valence-electron chi connectivity index (χ0n) is 12.1. The lowest BCUT2D eigenvalue weighted by Gasteiger charge is -2.04. The first-order valence-electron chi connectivity index (χ1n) is 7.02. The molecule has 1 N–H and O–H groups in total. The number of aryl methyl sites for hydroxylation is 1. The Morgan fingerprint density at radius 2 is 2.09 bits per heavy atom. The minimum absolute atomic E-state index is 0.0123. The van der Waals surface area contributed by atoms with Gasteiger partial charge in [0.1, 0.15) is 11.6 Å². The molecule has 0 radical (unpaired) electrons. The van der Waals surface area contributed by atoms with Gasteiger partial charge < -0.3 is 10.1 Å². The lowest BCUT2D eigenvalue weighted by molar-refractivity contribution is -0.143. The second kappa shape index (κ2) is 6.18. The Balaban J connectivity index is 1.72. The Bertz CT molecular complexity index is 720. The number of aromatic nitrogens is 1. The molecule has 6 heteroatoms. The molecule has 0 atom stereocenters. The van der Waals surface area contributed by atoms with Gasteiger partial charge in [-0.25, -0.2) is 4.98 Å². The predicted molar refractivity (Wildman–Crippen MR) is 87.8 cm³/mol. The predicted octanol–water partition coefficient (Wildman–Crippen LogP) is 4.09. The van der Waals surface area contributed by atoms with Crippen LogP contribution in [0.3, 0.4) is 0 Å². The maximum atomic E-state index is 11.5. The standard InChI is InChI=1S/C16H15ClN2O2S/c1-9-14(13(18)8-21-16(20)11-2-3-11)22-15(19-9)10-4-6-12(17)7-5-10/h4-7,11,18H,2-3,8H2,1H3. The minimum atomic E-state index is -0.190. The van der Waals surface area contributed by atoms with Gasteiger partial charge in [-0.05, 0) is 31.9 Å². The first-order valence-corrected chi connectivity index (χ1v) is 8.22. The molecule has 1 saturated carbocycles. The van der Waals surface area contributed by atoms with Crippen molar-refractivity contribution in [2.24, 2.45) is 5.92 Å². The fourth-order valence-electron chi connectivity index (χ4n) is 2.04. The third-order valence-corrected chi connectivity index (χ3v) is 4.95. The van der Waals surface area contributed by atoms with Gasteiger partial charge in [-0.1, -0.05) is 23.7 Å². The molecule has 1 aliphatic rings. The molecule has 1 fully saturated rings. The molecule has 0 saturated heterocycles. The summed E-state index contributed by atoms with van der Waals surface area (Å²) in [7, 11) is 0. The van der Waals surface area contributed by atoms with Gasteiger partial charge >= 0.3 is 5.97 Å². The highest BCUT2D eigenvalue weighted by atomic mass is 35.5. The molecule has 0 bridgehead atoms. The van der Waals surface area contributed by atoms with Crippen molar-refractivity contribution in [3.8, 4) is 10.6 Å². The second-order valence-electron chi connectivity index (χ2n) is 5.30. The fraction of sp³-hybridized carbons (Fsp3) is 0.312. The van der Waals surface area contributed by atoms with Crippen molar-refractivity contribution < 1.29 is 9.53 Å². The van der Waals surface area contributed by atoms with E-state index in [1.807, 2.05) is 31.2 Å². The number of nitrogens with zero attached hydrogens (tertiary/aromatic N) is 1. The molecule has 4 nitrogen and oxygen atoms in total. The van der Waals surface area contributed by atoms with Crippen LogP contribution in [-0.2, 0) is 9.53 Å². The summed E-state index contributed by atoms with van der Waals surface area (Å²) in [6.07, 6.45) is 1.82. The van der Waals surface area contributed by atoms with E-state index in [-0.39, 0.29) is 18.5 Å². The SMILES string of the molecule is Cc1nc(-c2ccc(Cl)cc2)sc1C(=N)COC(=O)C1CC1. The van der Waals surface area contributed by atoms with Gasteiger partial charge in [0.15, 0.2) is 0 Å². The third kappa shape index (κ3) is 3.36. The highest BCUT2D eigenvalue weighted by Gasteiger charge is 2.31. The average Bonchev–Trinajstić information content (AvgIpc) is 3.28. The van der Waals surface area contributed by atoms with Crippen molar-refractivity contribution in [3.05, 3.63) is 39.9 Å². The maximum absolute atomic E-state index is 11.5. The van der Waals surface area contributed by atoms with E-state index < -0.39 is 0 Å². The van der Waals surface area contributed by atoms with E-state index in [2.05, 4.69) is 4.98 Å². The maximum Gasteiger partial charge on any atom is 0.309 e. The zero-order chi connectivity index (χ0) is 15.7. The molecule has 0 unspecified atom stereocenters. The van der Waals surface area contributed by atoms with Gasteiger partial charge in [-0.3, -0.25) is 4.79 Å². The van der Waals surface area contributed by atoms with E-state index in [1.54, 1.807) is 0 Å². The highest BCUT2D eigenvalue weighted by molar-refractivity contribution is 7.17. The number of carbonyl (C=O) groups is 1. The molecule has 0 amide bonds. The Morgan fingerprint density at radius 3 is 2.73 bits per heavy atom. The van der Waals surface area contributed by atoms with E-state index in [0.717, 1.165) is 34.0 Å². The number of rotatable bonds is 5. The summed E-state index contributed by atoms with van der Waals surface area (Å²) in [6.45, 7) is 1.88. The first-order chi connectivity index (χ1) is 10.5. The molecule has 22 heavy (non-hydrogen) atoms. The summed E-state index contributed by atoms with van der Waals surface area (Å²) in [4.78, 5) is 16.8. The molecule has 1 aliphatic carbocycles. The Labute approximate surface area is 137 Å². The van der Waals surface area contributed by atoms with Crippen LogP contribution < -0.4 is 0 Å². The monoisotopic (exact) mass is 334 g/mol. The number of ether oxygens (including phenoxy) is 1. The van der Waals surface area contributed by atoms with Crippen LogP contribution >= 0.6 is 22.9 Å². The van der Waals surface area contributed by atoms with Crippen molar-refractivity contribution in [2.45, 2.75) is 19.8 Å². The van der Waals surface area contributed by atoms with Crippen molar-refractivity contribution in [3.63, 3.8) is 0 Å². The van der Waals surface area contributed by atoms with Crippen LogP contribution in [0.4, 0.5) is 0 Å². The Hall–Kier alpha value is -1.72. The number of nitrogens with one attached hydrogen (secondary N) is 1. The van der Waals surface area contributed by atoms with Gasteiger partial charge in [0.05, 0.1) is 22.2 Å². The largest absolute Gasteiger partial charge is 0.459 e. The summed E-state index contributed by atoms with van der Waals surface area (Å²) in [5.41, 5.74) is 2.04. The van der Waals surface area contributed by atoms with Gasteiger partial charge in [0.2, 0.25) is 0 Å². The number of thiazole rings is 1. The van der Waals surface area contributed by atoms with Crippen molar-refractivity contribution in [1.29, 1.82) is 5.41 Å². The Morgan fingerprint density at radius 1 is 1.41 bits per heavy atom. The average molecular weight is 335 g/mol. The van der Waals surface area contributed by atoms with Gasteiger partial charge in [0.25, 0.3) is 0 Å². The van der Waals surface area contributed by atoms with E-state index in [1.165, 1.54) is 11.3 Å². The quantitative estimate of drug-likeness (QED) is 0.661. The minimum Gasteiger partial charge on any atom is -0.459 e. The highest BCUT2D eigenvalue weighted by Crippen LogP contribution is 2.31. The molecule has 2 aromatic rings. The van der Waals surface area contributed by atoms with Gasteiger partial charge in [-0.15, -0.1) is 11.3 Å². The third-order valence-electron chi connectivity index (χ3n) is 3.43. The molecule has 1 aromatic carbocycles. The van der Waals surface area contributed by atoms with Gasteiger partial charge in [-0.2, -0.15) is 0 Å². The number of benzene rings is 1. The fourth-order valence-corrected chi connectivity index (χ4v) is 3.17. The van der Waals surface area contributed by atoms with Crippen LogP contribution in [0.5, 0.6) is 0 Å². The van der Waals surface area contributed by atoms with E-state index in [0.29, 0.717) is 10.7 Å². The molecular formula is C16H15ClN2O2S. The van der Waals surface area contributed by atoms with Crippen LogP contribution in [0.2, 0.25) is 5.02 Å². The smallest absolute Gasteiger partial charge is 0.309 e. The molecular weight excluding hydrogens is 320 g/mol. The van der Waals surface area contributed by atoms with Crippen molar-refractivity contribution >= 4 is 34.6 Å². The van der Waals surface area contributed by atoms with E-state index in [9.17, 15) is 4.79 Å². The number of esters is 1. The van der Waals surface area contributed by atoms with Gasteiger partial charge in [0, 0.05) is 10.6 Å². The van der Waals surface area contributed by atoms with Crippen LogP contribution in [0.15, 0.2) is 24.3 Å². The first kappa shape index (κ1) is 15.2. The molecule has 0 spiro atoms. The molecule has 1 aromatic heterocycles. The summed E-state index contributed by atoms with van der Waals surface area (Å²) in [6, 6.07) is 7.44. The summed E-state index contributed by atoms with van der Waals surface area (Å²) >= 11 is 7.32. The molecule has 114 valence electrons. The van der Waals surface area contributed by atoms with Crippen LogP contribution in [-0.4, -0.2) is 23.3 Å². The van der Waals surface area contributed by atoms with Crippen molar-refractivity contribution in [1.82, 2.24) is 4.98 Å².